The molecule has 7 heteroatoms. The Bertz CT molecular complexity index is 697. The topological polar surface area (TPSA) is 63.5 Å². The smallest absolute Gasteiger partial charge is 0.270 e. The maximum absolute atomic E-state index is 12.7. The maximum Gasteiger partial charge on any atom is 0.270 e. The Morgan fingerprint density at radius 2 is 2.13 bits per heavy atom. The van der Waals surface area contributed by atoms with Crippen LogP contribution in [0.25, 0.3) is 0 Å². The van der Waals surface area contributed by atoms with E-state index >= 15 is 0 Å². The Labute approximate surface area is 135 Å². The second-order valence-corrected chi connectivity index (χ2v) is 5.77. The summed E-state index contributed by atoms with van der Waals surface area (Å²) in [6, 6.07) is 3.71. The van der Waals surface area contributed by atoms with E-state index in [1.165, 1.54) is 0 Å². The van der Waals surface area contributed by atoms with Crippen LogP contribution in [0.2, 0.25) is 0 Å². The first-order chi connectivity index (χ1) is 11.1. The molecule has 0 saturated carbocycles. The summed E-state index contributed by atoms with van der Waals surface area (Å²) in [5, 5.41) is 0. The van der Waals surface area contributed by atoms with Crippen LogP contribution >= 0.6 is 0 Å². The van der Waals surface area contributed by atoms with Crippen LogP contribution < -0.4 is 4.90 Å². The van der Waals surface area contributed by atoms with Gasteiger partial charge in [0.15, 0.2) is 5.82 Å². The minimum Gasteiger partial charge on any atom is -0.368 e. The number of carbonyl (C=O) groups is 1. The van der Waals surface area contributed by atoms with Crippen LogP contribution in [0.3, 0.4) is 0 Å². The Hall–Kier alpha value is -2.41. The first-order valence-electron chi connectivity index (χ1n) is 7.58. The quantitative estimate of drug-likeness (QED) is 0.848. The van der Waals surface area contributed by atoms with Gasteiger partial charge in [-0.25, -0.2) is 4.98 Å². The van der Waals surface area contributed by atoms with Crippen LogP contribution in [-0.4, -0.2) is 59.1 Å². The van der Waals surface area contributed by atoms with Gasteiger partial charge < -0.3 is 19.1 Å². The Balaban J connectivity index is 1.82. The predicted octanol–water partition coefficient (Wildman–Crippen LogP) is 1.09. The minimum atomic E-state index is -0.265. The fraction of sp³-hybridized carbons (Fsp3) is 0.438. The van der Waals surface area contributed by atoms with Gasteiger partial charge >= 0.3 is 0 Å². The minimum absolute atomic E-state index is 0.0149. The Morgan fingerprint density at radius 1 is 1.35 bits per heavy atom. The first kappa shape index (κ1) is 15.5. The summed E-state index contributed by atoms with van der Waals surface area (Å²) in [5.41, 5.74) is 1.44. The molecular formula is C16H21N5O2. The van der Waals surface area contributed by atoms with Crippen LogP contribution in [0.1, 0.15) is 22.3 Å². The van der Waals surface area contributed by atoms with E-state index in [0.717, 1.165) is 11.5 Å². The van der Waals surface area contributed by atoms with Crippen molar-refractivity contribution in [3.63, 3.8) is 0 Å². The standard InChI is InChI=1S/C16H21N5O2/c1-19(2)15-14(17-6-7-18-15)13-11-21(9-10-23-13)16(22)12-5-4-8-20(12)3/h4-8,13H,9-11H2,1-3H3/t13-/m1/s1. The molecule has 0 aromatic carbocycles. The van der Waals surface area contributed by atoms with Gasteiger partial charge in [-0.3, -0.25) is 9.78 Å². The zero-order valence-electron chi connectivity index (χ0n) is 13.6. The van der Waals surface area contributed by atoms with Crippen LogP contribution in [0.5, 0.6) is 0 Å². The van der Waals surface area contributed by atoms with Gasteiger partial charge in [0.25, 0.3) is 5.91 Å². The third-order valence-electron chi connectivity index (χ3n) is 3.95. The number of rotatable bonds is 3. The molecule has 0 radical (unpaired) electrons. The van der Waals surface area contributed by atoms with E-state index in [1.54, 1.807) is 12.4 Å². The van der Waals surface area contributed by atoms with E-state index < -0.39 is 0 Å². The van der Waals surface area contributed by atoms with Crippen LogP contribution in [0, 0.1) is 0 Å². The molecule has 3 rings (SSSR count). The Kier molecular flexibility index (Phi) is 4.29. The summed E-state index contributed by atoms with van der Waals surface area (Å²) in [6.07, 6.45) is 4.93. The summed E-state index contributed by atoms with van der Waals surface area (Å²) in [6.45, 7) is 1.55. The lowest BCUT2D eigenvalue weighted by molar-refractivity contribution is -0.0249. The molecule has 1 amide bonds. The number of morpholine rings is 1. The van der Waals surface area contributed by atoms with Crippen LogP contribution in [0.15, 0.2) is 30.7 Å². The summed E-state index contributed by atoms with van der Waals surface area (Å²) in [4.78, 5) is 25.2. The molecule has 0 bridgehead atoms. The monoisotopic (exact) mass is 315 g/mol. The van der Waals surface area contributed by atoms with E-state index in [4.69, 9.17) is 4.74 Å². The third-order valence-corrected chi connectivity index (χ3v) is 3.95. The number of anilines is 1. The first-order valence-corrected chi connectivity index (χ1v) is 7.58. The van der Waals surface area contributed by atoms with Gasteiger partial charge in [-0.1, -0.05) is 0 Å². The van der Waals surface area contributed by atoms with Crippen LogP contribution in [0.4, 0.5) is 5.82 Å². The number of hydrogen-bond acceptors (Lipinski definition) is 5. The molecule has 1 aliphatic heterocycles. The highest BCUT2D eigenvalue weighted by Gasteiger charge is 2.30. The number of hydrogen-bond donors (Lipinski definition) is 0. The molecular weight excluding hydrogens is 294 g/mol. The molecule has 7 nitrogen and oxygen atoms in total. The summed E-state index contributed by atoms with van der Waals surface area (Å²) >= 11 is 0. The largest absolute Gasteiger partial charge is 0.368 e. The second-order valence-electron chi connectivity index (χ2n) is 5.77. The molecule has 0 N–H and O–H groups in total. The highest BCUT2D eigenvalue weighted by Crippen LogP contribution is 2.27. The third kappa shape index (κ3) is 3.05. The number of ether oxygens (including phenoxy) is 1. The zero-order chi connectivity index (χ0) is 16.4. The molecule has 3 heterocycles. The molecule has 0 unspecified atom stereocenters. The van der Waals surface area contributed by atoms with Gasteiger partial charge in [0.05, 0.1) is 13.2 Å². The molecule has 1 atom stereocenters. The Morgan fingerprint density at radius 3 is 2.83 bits per heavy atom. The van der Waals surface area contributed by atoms with Gasteiger partial charge in [-0.15, -0.1) is 0 Å². The van der Waals surface area contributed by atoms with Crippen molar-refractivity contribution in [2.45, 2.75) is 6.10 Å². The molecule has 23 heavy (non-hydrogen) atoms. The number of nitrogens with zero attached hydrogens (tertiary/aromatic N) is 5. The molecule has 122 valence electrons. The van der Waals surface area contributed by atoms with E-state index in [-0.39, 0.29) is 12.0 Å². The lowest BCUT2D eigenvalue weighted by atomic mass is 10.1. The molecule has 2 aromatic heterocycles. The van der Waals surface area contributed by atoms with Crippen molar-refractivity contribution in [2.24, 2.45) is 7.05 Å². The van der Waals surface area contributed by atoms with E-state index in [2.05, 4.69) is 9.97 Å². The normalized spacial score (nSPS) is 18.0. The molecule has 2 aromatic rings. The van der Waals surface area contributed by atoms with Gasteiger partial charge in [0.1, 0.15) is 17.5 Å². The predicted molar refractivity (Wildman–Crippen MR) is 86.4 cm³/mol. The summed E-state index contributed by atoms with van der Waals surface area (Å²) in [5.74, 6) is 0.784. The second kappa shape index (κ2) is 6.37. The molecule has 0 aliphatic carbocycles. The van der Waals surface area contributed by atoms with Crippen molar-refractivity contribution >= 4 is 11.7 Å². The zero-order valence-corrected chi connectivity index (χ0v) is 13.6. The average Bonchev–Trinajstić information content (AvgIpc) is 3.00. The van der Waals surface area contributed by atoms with Gasteiger partial charge in [-0.2, -0.15) is 0 Å². The van der Waals surface area contributed by atoms with Crippen molar-refractivity contribution in [1.82, 2.24) is 19.4 Å². The van der Waals surface area contributed by atoms with Gasteiger partial charge in [0, 0.05) is 46.3 Å². The lowest BCUT2D eigenvalue weighted by Crippen LogP contribution is -2.43. The van der Waals surface area contributed by atoms with E-state index in [9.17, 15) is 4.79 Å². The van der Waals surface area contributed by atoms with Gasteiger partial charge in [-0.05, 0) is 12.1 Å². The van der Waals surface area contributed by atoms with Crippen molar-refractivity contribution in [1.29, 1.82) is 0 Å². The SMILES string of the molecule is CN(C)c1nccnc1[C@H]1CN(C(=O)c2cccn2C)CCO1. The molecule has 0 spiro atoms. The van der Waals surface area contributed by atoms with Crippen LogP contribution in [-0.2, 0) is 11.8 Å². The summed E-state index contributed by atoms with van der Waals surface area (Å²) in [7, 11) is 5.71. The fourth-order valence-corrected chi connectivity index (χ4v) is 2.76. The van der Waals surface area contributed by atoms with Gasteiger partial charge in [0.2, 0.25) is 0 Å². The highest BCUT2D eigenvalue weighted by atomic mass is 16.5. The molecule has 1 saturated heterocycles. The van der Waals surface area contributed by atoms with E-state index in [0.29, 0.717) is 25.4 Å². The number of aryl methyl sites for hydroxylation is 1. The average molecular weight is 315 g/mol. The van der Waals surface area contributed by atoms with Crippen molar-refractivity contribution in [3.05, 3.63) is 42.1 Å². The van der Waals surface area contributed by atoms with Crippen molar-refractivity contribution in [2.75, 3.05) is 38.7 Å². The number of aromatic nitrogens is 3. The van der Waals surface area contributed by atoms with Crippen molar-refractivity contribution < 1.29 is 9.53 Å². The maximum atomic E-state index is 12.7. The number of amides is 1. The fourth-order valence-electron chi connectivity index (χ4n) is 2.76. The lowest BCUT2D eigenvalue weighted by Gasteiger charge is -2.33. The van der Waals surface area contributed by atoms with E-state index in [1.807, 2.05) is 53.8 Å². The van der Waals surface area contributed by atoms with Crippen molar-refractivity contribution in [3.8, 4) is 0 Å². The highest BCUT2D eigenvalue weighted by molar-refractivity contribution is 5.92. The number of carbonyl (C=O) groups excluding carboxylic acids is 1. The molecule has 1 fully saturated rings. The molecule has 1 aliphatic rings. The summed E-state index contributed by atoms with van der Waals surface area (Å²) < 4.78 is 7.69.